The van der Waals surface area contributed by atoms with Gasteiger partial charge in [0.15, 0.2) is 11.6 Å². The van der Waals surface area contributed by atoms with E-state index < -0.39 is 30.2 Å². The molecule has 1 aliphatic rings. The van der Waals surface area contributed by atoms with Crippen LogP contribution in [0.3, 0.4) is 0 Å². The van der Waals surface area contributed by atoms with Gasteiger partial charge >= 0.3 is 12.1 Å². The number of hydrogen-bond donors (Lipinski definition) is 1. The molecule has 0 spiro atoms. The summed E-state index contributed by atoms with van der Waals surface area (Å²) in [6.45, 7) is -0.823. The molecule has 0 fully saturated rings. The van der Waals surface area contributed by atoms with Gasteiger partial charge in [-0.1, -0.05) is 54.6 Å². The van der Waals surface area contributed by atoms with E-state index in [4.69, 9.17) is 9.84 Å². The number of carboxylic acids is 1. The lowest BCUT2D eigenvalue weighted by atomic mass is 9.98. The predicted molar refractivity (Wildman–Crippen MR) is 109 cm³/mol. The summed E-state index contributed by atoms with van der Waals surface area (Å²) in [7, 11) is 0. The smallest absolute Gasteiger partial charge is 0.410 e. The van der Waals surface area contributed by atoms with E-state index in [-0.39, 0.29) is 24.6 Å². The fourth-order valence-corrected chi connectivity index (χ4v) is 3.89. The number of aliphatic carboxylic acids is 1. The monoisotopic (exact) mass is 423 g/mol. The number of carbonyl (C=O) groups is 2. The fourth-order valence-electron chi connectivity index (χ4n) is 3.89. The second-order valence-corrected chi connectivity index (χ2v) is 7.30. The largest absolute Gasteiger partial charge is 0.480 e. The van der Waals surface area contributed by atoms with Crippen molar-refractivity contribution in [2.75, 3.05) is 13.2 Å². The van der Waals surface area contributed by atoms with Crippen molar-refractivity contribution in [1.82, 2.24) is 4.90 Å². The van der Waals surface area contributed by atoms with Crippen LogP contribution in [-0.4, -0.2) is 35.2 Å². The Morgan fingerprint density at radius 3 is 2.10 bits per heavy atom. The molecule has 0 aromatic heterocycles. The van der Waals surface area contributed by atoms with Crippen molar-refractivity contribution in [1.29, 1.82) is 0 Å². The van der Waals surface area contributed by atoms with Gasteiger partial charge in [0.1, 0.15) is 13.2 Å². The number of ether oxygens (including phenoxy) is 1. The summed E-state index contributed by atoms with van der Waals surface area (Å²) in [6, 6.07) is 18.9. The third kappa shape index (κ3) is 4.26. The minimum atomic E-state index is -1.24. The van der Waals surface area contributed by atoms with Gasteiger partial charge in [0.05, 0.1) is 0 Å². The van der Waals surface area contributed by atoms with Crippen LogP contribution in [0.15, 0.2) is 66.7 Å². The third-order valence-electron chi connectivity index (χ3n) is 5.28. The van der Waals surface area contributed by atoms with E-state index in [1.807, 2.05) is 48.5 Å². The van der Waals surface area contributed by atoms with Crippen molar-refractivity contribution in [2.24, 2.45) is 0 Å². The number of carboxylic acid groups (broad SMARTS) is 1. The van der Waals surface area contributed by atoms with Gasteiger partial charge in [-0.2, -0.15) is 0 Å². The van der Waals surface area contributed by atoms with Crippen LogP contribution in [-0.2, 0) is 16.1 Å². The van der Waals surface area contributed by atoms with E-state index in [0.717, 1.165) is 39.3 Å². The van der Waals surface area contributed by atoms with Crippen molar-refractivity contribution >= 4 is 12.1 Å². The van der Waals surface area contributed by atoms with E-state index in [0.29, 0.717) is 0 Å². The third-order valence-corrected chi connectivity index (χ3v) is 5.28. The highest BCUT2D eigenvalue weighted by molar-refractivity contribution is 5.79. The number of carbonyl (C=O) groups excluding carboxylic acids is 1. The molecule has 0 bridgehead atoms. The van der Waals surface area contributed by atoms with E-state index in [1.54, 1.807) is 0 Å². The molecule has 0 saturated carbocycles. The van der Waals surface area contributed by atoms with E-state index in [2.05, 4.69) is 0 Å². The first-order valence-electron chi connectivity index (χ1n) is 9.69. The SMILES string of the molecule is O=C(O)CN(Cc1ccc(F)c(F)c1)C(=O)OCC1c2ccccc2-c2ccccc21. The molecule has 0 atom stereocenters. The standard InChI is InChI=1S/C24H19F2NO4/c25-21-10-9-15(11-22(21)26)12-27(13-23(28)29)24(30)31-14-20-18-7-3-1-5-16(18)17-6-2-4-8-19(17)20/h1-11,20H,12-14H2,(H,28,29). The minimum absolute atomic E-state index is 0.0285. The number of amides is 1. The molecule has 3 aromatic carbocycles. The molecule has 7 heteroatoms. The molecule has 1 N–H and O–H groups in total. The van der Waals surface area contributed by atoms with Crippen molar-refractivity contribution in [2.45, 2.75) is 12.5 Å². The molecule has 3 aromatic rings. The van der Waals surface area contributed by atoms with Crippen LogP contribution < -0.4 is 0 Å². The van der Waals surface area contributed by atoms with Crippen molar-refractivity contribution < 1.29 is 28.2 Å². The Labute approximate surface area is 177 Å². The molecule has 1 aliphatic carbocycles. The highest BCUT2D eigenvalue weighted by Crippen LogP contribution is 2.44. The molecule has 0 radical (unpaired) electrons. The predicted octanol–water partition coefficient (Wildman–Crippen LogP) is 4.80. The van der Waals surface area contributed by atoms with Crippen LogP contribution in [0, 0.1) is 11.6 Å². The van der Waals surface area contributed by atoms with Gasteiger partial charge in [0.2, 0.25) is 0 Å². The Morgan fingerprint density at radius 2 is 1.52 bits per heavy atom. The topological polar surface area (TPSA) is 66.8 Å². The zero-order valence-corrected chi connectivity index (χ0v) is 16.4. The van der Waals surface area contributed by atoms with Crippen molar-refractivity contribution in [3.8, 4) is 11.1 Å². The van der Waals surface area contributed by atoms with Crippen LogP contribution in [0.5, 0.6) is 0 Å². The second kappa shape index (κ2) is 8.55. The lowest BCUT2D eigenvalue weighted by Crippen LogP contribution is -2.36. The quantitative estimate of drug-likeness (QED) is 0.619. The zero-order valence-electron chi connectivity index (χ0n) is 16.4. The van der Waals surface area contributed by atoms with Crippen LogP contribution in [0.2, 0.25) is 0 Å². The second-order valence-electron chi connectivity index (χ2n) is 7.30. The molecule has 0 saturated heterocycles. The fraction of sp³-hybridized carbons (Fsp3) is 0.167. The summed E-state index contributed by atoms with van der Waals surface area (Å²) in [5.41, 5.74) is 4.46. The maximum Gasteiger partial charge on any atom is 0.410 e. The number of nitrogens with zero attached hydrogens (tertiary/aromatic N) is 1. The zero-order chi connectivity index (χ0) is 22.0. The average Bonchev–Trinajstić information content (AvgIpc) is 3.08. The average molecular weight is 423 g/mol. The lowest BCUT2D eigenvalue weighted by Gasteiger charge is -2.22. The first-order valence-corrected chi connectivity index (χ1v) is 9.69. The Morgan fingerprint density at radius 1 is 0.903 bits per heavy atom. The molecule has 4 rings (SSSR count). The molecular weight excluding hydrogens is 404 g/mol. The summed E-state index contributed by atoms with van der Waals surface area (Å²) >= 11 is 0. The molecule has 158 valence electrons. The van der Waals surface area contributed by atoms with Crippen LogP contribution in [0.4, 0.5) is 13.6 Å². The van der Waals surface area contributed by atoms with E-state index in [1.165, 1.54) is 6.07 Å². The minimum Gasteiger partial charge on any atom is -0.480 e. The van der Waals surface area contributed by atoms with Gasteiger partial charge in [-0.05, 0) is 39.9 Å². The number of benzene rings is 3. The summed E-state index contributed by atoms with van der Waals surface area (Å²) in [4.78, 5) is 24.9. The van der Waals surface area contributed by atoms with Gasteiger partial charge in [0, 0.05) is 12.5 Å². The molecule has 0 unspecified atom stereocenters. The number of rotatable bonds is 6. The molecule has 1 amide bonds. The summed E-state index contributed by atoms with van der Waals surface area (Å²) in [5, 5.41) is 9.17. The first-order chi connectivity index (χ1) is 14.9. The van der Waals surface area contributed by atoms with Gasteiger partial charge in [-0.25, -0.2) is 13.6 Å². The molecule has 0 heterocycles. The molecular formula is C24H19F2NO4. The van der Waals surface area contributed by atoms with Gasteiger partial charge in [-0.3, -0.25) is 9.69 Å². The molecule has 31 heavy (non-hydrogen) atoms. The normalized spacial score (nSPS) is 12.2. The molecule has 5 nitrogen and oxygen atoms in total. The summed E-state index contributed by atoms with van der Waals surface area (Å²) in [6.07, 6.45) is -0.839. The maximum absolute atomic E-state index is 13.5. The van der Waals surface area contributed by atoms with Gasteiger partial charge in [0.25, 0.3) is 0 Å². The summed E-state index contributed by atoms with van der Waals surface area (Å²) in [5.74, 6) is -3.50. The van der Waals surface area contributed by atoms with E-state index in [9.17, 15) is 18.4 Å². The number of hydrogen-bond acceptors (Lipinski definition) is 3. The lowest BCUT2D eigenvalue weighted by molar-refractivity contribution is -0.138. The highest BCUT2D eigenvalue weighted by Gasteiger charge is 2.30. The Balaban J connectivity index is 1.51. The van der Waals surface area contributed by atoms with Crippen LogP contribution in [0.25, 0.3) is 11.1 Å². The highest BCUT2D eigenvalue weighted by atomic mass is 19.2. The van der Waals surface area contributed by atoms with Crippen molar-refractivity contribution in [3.05, 3.63) is 95.1 Å². The Hall–Kier alpha value is -3.74. The number of halogens is 2. The Kier molecular flexibility index (Phi) is 5.66. The summed E-state index contributed by atoms with van der Waals surface area (Å²) < 4.78 is 32.2. The van der Waals surface area contributed by atoms with Gasteiger partial charge in [-0.15, -0.1) is 0 Å². The van der Waals surface area contributed by atoms with Crippen LogP contribution in [0.1, 0.15) is 22.6 Å². The van der Waals surface area contributed by atoms with Gasteiger partial charge < -0.3 is 9.84 Å². The molecule has 0 aliphatic heterocycles. The van der Waals surface area contributed by atoms with Crippen LogP contribution >= 0.6 is 0 Å². The van der Waals surface area contributed by atoms with Crippen molar-refractivity contribution in [3.63, 3.8) is 0 Å². The Bertz CT molecular complexity index is 1100. The van der Waals surface area contributed by atoms with E-state index >= 15 is 0 Å². The first kappa shape index (κ1) is 20.5. The number of fused-ring (bicyclic) bond motifs is 3. The maximum atomic E-state index is 13.5.